The summed E-state index contributed by atoms with van der Waals surface area (Å²) >= 11 is 6.15. The van der Waals surface area contributed by atoms with Crippen molar-refractivity contribution in [3.8, 4) is 0 Å². The number of fused-ring (bicyclic) bond motifs is 1. The Bertz CT molecular complexity index is 959. The molecule has 0 spiro atoms. The van der Waals surface area contributed by atoms with Crippen LogP contribution in [0, 0.1) is 6.92 Å². The minimum Gasteiger partial charge on any atom is -0.376 e. The zero-order chi connectivity index (χ0) is 20.5. The van der Waals surface area contributed by atoms with E-state index in [1.165, 1.54) is 0 Å². The fourth-order valence-electron chi connectivity index (χ4n) is 4.22. The second-order valence-corrected chi connectivity index (χ2v) is 8.45. The topological polar surface area (TPSA) is 52.6 Å². The van der Waals surface area contributed by atoms with Crippen LogP contribution in [0.4, 0.5) is 11.4 Å². The smallest absolute Gasteiger partial charge is 0.242 e. The van der Waals surface area contributed by atoms with E-state index in [4.69, 9.17) is 11.6 Å². The maximum absolute atomic E-state index is 12.7. The molecular weight excluding hydrogens is 386 g/mol. The average molecular weight is 412 g/mol. The summed E-state index contributed by atoms with van der Waals surface area (Å²) in [6, 6.07) is 12.3. The maximum atomic E-state index is 12.7. The number of hydrogen-bond donors (Lipinski definition) is 1. The quantitative estimate of drug-likeness (QED) is 0.837. The van der Waals surface area contributed by atoms with E-state index in [-0.39, 0.29) is 24.3 Å². The number of hydrogen-bond acceptors (Lipinski definition) is 4. The molecule has 1 N–H and O–H groups in total. The van der Waals surface area contributed by atoms with Gasteiger partial charge in [0, 0.05) is 54.9 Å². The summed E-state index contributed by atoms with van der Waals surface area (Å²) < 4.78 is 0. The molecule has 1 fully saturated rings. The van der Waals surface area contributed by atoms with E-state index in [1.807, 2.05) is 42.2 Å². The predicted octanol–water partition coefficient (Wildman–Crippen LogP) is 3.47. The highest BCUT2D eigenvalue weighted by atomic mass is 35.5. The number of carbonyl (C=O) groups excluding carboxylic acids is 2. The van der Waals surface area contributed by atoms with Gasteiger partial charge in [-0.25, -0.2) is 0 Å². The van der Waals surface area contributed by atoms with Crippen LogP contribution in [-0.2, 0) is 22.4 Å². The molecule has 2 aliphatic rings. The van der Waals surface area contributed by atoms with E-state index in [2.05, 4.69) is 23.2 Å². The number of anilines is 2. The number of amides is 1. The normalized spacial score (nSPS) is 18.7. The molecule has 0 saturated carbocycles. The van der Waals surface area contributed by atoms with Gasteiger partial charge in [0.05, 0.1) is 6.54 Å². The zero-order valence-corrected chi connectivity index (χ0v) is 17.6. The third-order valence-corrected chi connectivity index (χ3v) is 6.30. The molecule has 1 aliphatic carbocycles. The summed E-state index contributed by atoms with van der Waals surface area (Å²) in [5, 5.41) is 4.00. The van der Waals surface area contributed by atoms with Crippen molar-refractivity contribution < 1.29 is 9.59 Å². The minimum absolute atomic E-state index is 0.0976. The van der Waals surface area contributed by atoms with Gasteiger partial charge in [-0.05, 0) is 60.9 Å². The standard InChI is InChI=1S/C23H26ClN3O2/c1-15-9-20(5-6-22(15)24)27-8-7-26(14-16(27)2)23(29)13-25-19-4-3-17-11-21(28)12-18(17)10-19/h3-6,9-10,16,25H,7-8,11-14H2,1-2H3/t16-/m1/s1. The molecule has 0 radical (unpaired) electrons. The van der Waals surface area contributed by atoms with Gasteiger partial charge in [0.15, 0.2) is 0 Å². The molecule has 4 rings (SSSR count). The molecule has 6 heteroatoms. The van der Waals surface area contributed by atoms with Gasteiger partial charge in [-0.3, -0.25) is 9.59 Å². The van der Waals surface area contributed by atoms with E-state index in [0.717, 1.165) is 39.6 Å². The summed E-state index contributed by atoms with van der Waals surface area (Å²) in [4.78, 5) is 28.6. The number of halogens is 1. The first kappa shape index (κ1) is 19.8. The highest BCUT2D eigenvalue weighted by molar-refractivity contribution is 6.31. The van der Waals surface area contributed by atoms with Gasteiger partial charge in [-0.2, -0.15) is 0 Å². The number of Topliss-reactive ketones (excluding diaryl/α,β-unsaturated/α-hetero) is 1. The fourth-order valence-corrected chi connectivity index (χ4v) is 4.34. The third kappa shape index (κ3) is 4.25. The average Bonchev–Trinajstić information content (AvgIpc) is 3.07. The Morgan fingerprint density at radius 1 is 1.14 bits per heavy atom. The van der Waals surface area contributed by atoms with E-state index >= 15 is 0 Å². The van der Waals surface area contributed by atoms with Crippen molar-refractivity contribution in [3.63, 3.8) is 0 Å². The van der Waals surface area contributed by atoms with Crippen LogP contribution < -0.4 is 10.2 Å². The SMILES string of the molecule is Cc1cc(N2CCN(C(=O)CNc3ccc4c(c3)CC(=O)C4)C[C@H]2C)ccc1Cl. The molecule has 0 unspecified atom stereocenters. The van der Waals surface area contributed by atoms with E-state index in [1.54, 1.807) is 0 Å². The lowest BCUT2D eigenvalue weighted by Crippen LogP contribution is -2.54. The van der Waals surface area contributed by atoms with Crippen LogP contribution in [0.2, 0.25) is 5.02 Å². The lowest BCUT2D eigenvalue weighted by Gasteiger charge is -2.41. The lowest BCUT2D eigenvalue weighted by molar-refractivity contribution is -0.130. The van der Waals surface area contributed by atoms with E-state index < -0.39 is 0 Å². The molecule has 1 saturated heterocycles. The Morgan fingerprint density at radius 3 is 2.69 bits per heavy atom. The predicted molar refractivity (Wildman–Crippen MR) is 117 cm³/mol. The molecule has 1 heterocycles. The molecule has 29 heavy (non-hydrogen) atoms. The number of nitrogens with one attached hydrogen (secondary N) is 1. The van der Waals surface area contributed by atoms with Crippen molar-refractivity contribution in [1.82, 2.24) is 4.90 Å². The second-order valence-electron chi connectivity index (χ2n) is 8.04. The van der Waals surface area contributed by atoms with E-state index in [0.29, 0.717) is 25.9 Å². The van der Waals surface area contributed by atoms with Crippen LogP contribution in [0.15, 0.2) is 36.4 Å². The summed E-state index contributed by atoms with van der Waals surface area (Å²) in [7, 11) is 0. The maximum Gasteiger partial charge on any atom is 0.242 e. The molecule has 1 aliphatic heterocycles. The van der Waals surface area contributed by atoms with Crippen LogP contribution in [0.5, 0.6) is 0 Å². The Hall–Kier alpha value is -2.53. The molecule has 152 valence electrons. The highest BCUT2D eigenvalue weighted by Gasteiger charge is 2.27. The molecule has 0 bridgehead atoms. The van der Waals surface area contributed by atoms with Crippen molar-refractivity contribution >= 4 is 34.7 Å². The number of carbonyl (C=O) groups is 2. The van der Waals surface area contributed by atoms with Crippen LogP contribution in [-0.4, -0.2) is 48.8 Å². The zero-order valence-electron chi connectivity index (χ0n) is 16.9. The number of rotatable bonds is 4. The van der Waals surface area contributed by atoms with Crippen LogP contribution >= 0.6 is 11.6 Å². The summed E-state index contributed by atoms with van der Waals surface area (Å²) in [6.07, 6.45) is 1.03. The lowest BCUT2D eigenvalue weighted by atomic mass is 10.1. The van der Waals surface area contributed by atoms with Gasteiger partial charge in [-0.1, -0.05) is 17.7 Å². The van der Waals surface area contributed by atoms with Crippen molar-refractivity contribution in [2.75, 3.05) is 36.4 Å². The number of ketones is 1. The van der Waals surface area contributed by atoms with Crippen LogP contribution in [0.25, 0.3) is 0 Å². The largest absolute Gasteiger partial charge is 0.376 e. The number of piperazine rings is 1. The van der Waals surface area contributed by atoms with Gasteiger partial charge in [0.2, 0.25) is 5.91 Å². The first-order chi connectivity index (χ1) is 13.9. The Labute approximate surface area is 176 Å². The number of aryl methyl sites for hydroxylation is 1. The Kier molecular flexibility index (Phi) is 5.50. The van der Waals surface area contributed by atoms with Gasteiger partial charge in [-0.15, -0.1) is 0 Å². The first-order valence-corrected chi connectivity index (χ1v) is 10.5. The van der Waals surface area contributed by atoms with Gasteiger partial charge in [0.1, 0.15) is 5.78 Å². The number of benzene rings is 2. The summed E-state index contributed by atoms with van der Waals surface area (Å²) in [5.74, 6) is 0.358. The van der Waals surface area contributed by atoms with Crippen LogP contribution in [0.3, 0.4) is 0 Å². The highest BCUT2D eigenvalue weighted by Crippen LogP contribution is 2.26. The van der Waals surface area contributed by atoms with Crippen LogP contribution in [0.1, 0.15) is 23.6 Å². The molecule has 1 amide bonds. The van der Waals surface area contributed by atoms with Gasteiger partial charge < -0.3 is 15.1 Å². The monoisotopic (exact) mass is 411 g/mol. The van der Waals surface area contributed by atoms with Crippen molar-refractivity contribution in [2.24, 2.45) is 0 Å². The molecule has 5 nitrogen and oxygen atoms in total. The Morgan fingerprint density at radius 2 is 1.93 bits per heavy atom. The molecular formula is C23H26ClN3O2. The third-order valence-electron chi connectivity index (χ3n) is 5.88. The summed E-state index contributed by atoms with van der Waals surface area (Å²) in [6.45, 7) is 6.62. The molecule has 1 atom stereocenters. The molecule has 2 aromatic carbocycles. The van der Waals surface area contributed by atoms with Crippen molar-refractivity contribution in [3.05, 3.63) is 58.1 Å². The van der Waals surface area contributed by atoms with E-state index in [9.17, 15) is 9.59 Å². The van der Waals surface area contributed by atoms with Gasteiger partial charge in [0.25, 0.3) is 0 Å². The second kappa shape index (κ2) is 8.07. The van der Waals surface area contributed by atoms with Crippen molar-refractivity contribution in [2.45, 2.75) is 32.7 Å². The number of nitrogens with zero attached hydrogens (tertiary/aromatic N) is 2. The fraction of sp³-hybridized carbons (Fsp3) is 0.391. The van der Waals surface area contributed by atoms with Gasteiger partial charge >= 0.3 is 0 Å². The van der Waals surface area contributed by atoms with Crippen molar-refractivity contribution in [1.29, 1.82) is 0 Å². The first-order valence-electron chi connectivity index (χ1n) is 10.1. The Balaban J connectivity index is 1.33. The minimum atomic E-state index is 0.0976. The molecule has 0 aromatic heterocycles. The summed E-state index contributed by atoms with van der Waals surface area (Å²) in [5.41, 5.74) is 5.30. The molecule has 2 aromatic rings.